The summed E-state index contributed by atoms with van der Waals surface area (Å²) < 4.78 is 1.79. The molecule has 0 aliphatic rings. The molecule has 0 amide bonds. The van der Waals surface area contributed by atoms with Gasteiger partial charge in [0.25, 0.3) is 0 Å². The molecule has 1 aromatic carbocycles. The fourth-order valence-electron chi connectivity index (χ4n) is 1.70. The minimum Gasteiger partial charge on any atom is -0.186 e. The van der Waals surface area contributed by atoms with Crippen LogP contribution >= 0.6 is 43.2 Å². The Balaban J connectivity index is 2.16. The van der Waals surface area contributed by atoms with E-state index in [0.717, 1.165) is 26.7 Å². The Kier molecular flexibility index (Phi) is 3.45. The molecule has 0 radical (unpaired) electrons. The zero-order valence-corrected chi connectivity index (χ0v) is 13.2. The third-order valence-corrected chi connectivity index (χ3v) is 4.60. The van der Waals surface area contributed by atoms with Crippen LogP contribution in [0.1, 0.15) is 11.4 Å². The summed E-state index contributed by atoms with van der Waals surface area (Å²) in [6.07, 6.45) is 0. The number of hydrogen-bond donors (Lipinski definition) is 0. The van der Waals surface area contributed by atoms with Crippen molar-refractivity contribution in [3.63, 3.8) is 0 Å². The van der Waals surface area contributed by atoms with E-state index in [1.165, 1.54) is 5.56 Å². The maximum atomic E-state index is 4.58. The molecule has 0 bridgehead atoms. The predicted octanol–water partition coefficient (Wildman–Crippen LogP) is 3.64. The average molecular weight is 388 g/mol. The van der Waals surface area contributed by atoms with Gasteiger partial charge in [-0.05, 0) is 5.56 Å². The zero-order valence-electron chi connectivity index (χ0n) is 9.18. The van der Waals surface area contributed by atoms with Gasteiger partial charge in [-0.15, -0.1) is 10.2 Å². The monoisotopic (exact) mass is 386 g/mol. The van der Waals surface area contributed by atoms with Gasteiger partial charge in [-0.3, -0.25) is 0 Å². The van der Waals surface area contributed by atoms with Crippen LogP contribution < -0.4 is 0 Å². The first-order valence-corrected chi connectivity index (χ1v) is 8.30. The Labute approximate surface area is 124 Å². The number of halogens is 2. The summed E-state index contributed by atoms with van der Waals surface area (Å²) in [5.41, 5.74) is 2.37. The summed E-state index contributed by atoms with van der Waals surface area (Å²) in [5.74, 6) is 0.823. The van der Waals surface area contributed by atoms with Crippen molar-refractivity contribution in [2.24, 2.45) is 0 Å². The molecule has 92 valence electrons. The van der Waals surface area contributed by atoms with E-state index in [1.807, 2.05) is 12.1 Å². The molecule has 0 fully saturated rings. The molecule has 0 saturated heterocycles. The first kappa shape index (κ1) is 12.3. The number of nitrogens with zero attached hydrogens (tertiary/aromatic N) is 4. The quantitative estimate of drug-likeness (QED) is 0.644. The molecule has 4 nitrogen and oxygen atoms in total. The van der Waals surface area contributed by atoms with Crippen LogP contribution in [0.5, 0.6) is 0 Å². The molecule has 0 aliphatic heterocycles. The zero-order chi connectivity index (χ0) is 12.5. The second-order valence-corrected chi connectivity index (χ2v) is 5.72. The fourth-order valence-corrected chi connectivity index (χ4v) is 3.45. The molecule has 0 aliphatic carbocycles. The Morgan fingerprint density at radius 1 is 1.11 bits per heavy atom. The topological polar surface area (TPSA) is 43.1 Å². The molecular weight excluding hydrogens is 380 g/mol. The Morgan fingerprint density at radius 2 is 1.94 bits per heavy atom. The second-order valence-electron chi connectivity index (χ2n) is 3.64. The van der Waals surface area contributed by atoms with E-state index in [-0.39, 0.29) is 0 Å². The van der Waals surface area contributed by atoms with Gasteiger partial charge < -0.3 is 0 Å². The smallest absolute Gasteiger partial charge is 0.186 e. The highest BCUT2D eigenvalue weighted by atomic mass is 79.9. The standard InChI is InChI=1S/C11H8Br2N4S/c12-5-7-3-1-2-4-8(7)10-16-17-9(6-13)14-15-11(17)18-10/h1-4H,5-6H2. The van der Waals surface area contributed by atoms with Gasteiger partial charge in [0.2, 0.25) is 4.96 Å². The number of aromatic nitrogens is 4. The van der Waals surface area contributed by atoms with Crippen LogP contribution in [0.25, 0.3) is 15.5 Å². The maximum absolute atomic E-state index is 4.58. The molecule has 18 heavy (non-hydrogen) atoms. The summed E-state index contributed by atoms with van der Waals surface area (Å²) in [7, 11) is 0. The van der Waals surface area contributed by atoms with E-state index in [1.54, 1.807) is 15.9 Å². The summed E-state index contributed by atoms with van der Waals surface area (Å²) in [6.45, 7) is 0. The van der Waals surface area contributed by atoms with E-state index in [0.29, 0.717) is 5.33 Å². The molecule has 2 heterocycles. The van der Waals surface area contributed by atoms with Gasteiger partial charge in [-0.1, -0.05) is 67.5 Å². The Hall–Kier alpha value is -0.790. The number of hydrogen-bond acceptors (Lipinski definition) is 4. The lowest BCUT2D eigenvalue weighted by molar-refractivity contribution is 0.890. The fraction of sp³-hybridized carbons (Fsp3) is 0.182. The summed E-state index contributed by atoms with van der Waals surface area (Å²) in [5, 5.41) is 15.2. The van der Waals surface area contributed by atoms with Gasteiger partial charge >= 0.3 is 0 Å². The van der Waals surface area contributed by atoms with Crippen LogP contribution in [0.2, 0.25) is 0 Å². The molecule has 3 rings (SSSR count). The van der Waals surface area contributed by atoms with Crippen LogP contribution in [0.4, 0.5) is 0 Å². The minimum absolute atomic E-state index is 0.650. The SMILES string of the molecule is BrCc1ccccc1-c1nn2c(CBr)nnc2s1. The summed E-state index contributed by atoms with van der Waals surface area (Å²) in [4.78, 5) is 0.823. The van der Waals surface area contributed by atoms with E-state index < -0.39 is 0 Å². The summed E-state index contributed by atoms with van der Waals surface area (Å²) >= 11 is 8.44. The van der Waals surface area contributed by atoms with Gasteiger partial charge in [0.15, 0.2) is 5.82 Å². The lowest BCUT2D eigenvalue weighted by Crippen LogP contribution is -1.93. The Morgan fingerprint density at radius 3 is 2.72 bits per heavy atom. The normalized spacial score (nSPS) is 11.2. The highest BCUT2D eigenvalue weighted by Gasteiger charge is 2.13. The molecule has 3 aromatic rings. The molecule has 0 unspecified atom stereocenters. The van der Waals surface area contributed by atoms with E-state index >= 15 is 0 Å². The van der Waals surface area contributed by atoms with Crippen LogP contribution in [0.15, 0.2) is 24.3 Å². The van der Waals surface area contributed by atoms with Crippen molar-refractivity contribution in [3.8, 4) is 10.6 Å². The van der Waals surface area contributed by atoms with Crippen molar-refractivity contribution in [2.45, 2.75) is 10.7 Å². The van der Waals surface area contributed by atoms with E-state index in [2.05, 4.69) is 59.3 Å². The highest BCUT2D eigenvalue weighted by Crippen LogP contribution is 2.29. The van der Waals surface area contributed by atoms with E-state index in [9.17, 15) is 0 Å². The average Bonchev–Trinajstić information content (AvgIpc) is 2.98. The molecular formula is C11H8Br2N4S. The van der Waals surface area contributed by atoms with Crippen LogP contribution in [0.3, 0.4) is 0 Å². The van der Waals surface area contributed by atoms with E-state index in [4.69, 9.17) is 0 Å². The van der Waals surface area contributed by atoms with Gasteiger partial charge in [0.1, 0.15) is 5.01 Å². The molecule has 0 saturated carbocycles. The maximum Gasteiger partial charge on any atom is 0.235 e. The third-order valence-electron chi connectivity index (χ3n) is 2.57. The third kappa shape index (κ3) is 2.00. The molecule has 0 spiro atoms. The lowest BCUT2D eigenvalue weighted by atomic mass is 10.1. The van der Waals surface area contributed by atoms with Crippen LogP contribution in [0, 0.1) is 0 Å². The van der Waals surface area contributed by atoms with Crippen molar-refractivity contribution in [1.29, 1.82) is 0 Å². The lowest BCUT2D eigenvalue weighted by Gasteiger charge is -2.01. The van der Waals surface area contributed by atoms with Crippen LogP contribution in [-0.2, 0) is 10.7 Å². The van der Waals surface area contributed by atoms with Gasteiger partial charge in [-0.2, -0.15) is 9.61 Å². The second kappa shape index (κ2) is 5.07. The first-order valence-electron chi connectivity index (χ1n) is 5.25. The first-order chi connectivity index (χ1) is 8.83. The van der Waals surface area contributed by atoms with Crippen LogP contribution in [-0.4, -0.2) is 19.8 Å². The van der Waals surface area contributed by atoms with Crippen molar-refractivity contribution in [1.82, 2.24) is 19.8 Å². The highest BCUT2D eigenvalue weighted by molar-refractivity contribution is 9.08. The largest absolute Gasteiger partial charge is 0.235 e. The number of rotatable bonds is 3. The minimum atomic E-state index is 0.650. The van der Waals surface area contributed by atoms with Crippen molar-refractivity contribution in [3.05, 3.63) is 35.7 Å². The van der Waals surface area contributed by atoms with Crippen molar-refractivity contribution < 1.29 is 0 Å². The predicted molar refractivity (Wildman–Crippen MR) is 79.4 cm³/mol. The number of fused-ring (bicyclic) bond motifs is 1. The van der Waals surface area contributed by atoms with Crippen molar-refractivity contribution >= 4 is 48.2 Å². The Bertz CT molecular complexity index is 691. The van der Waals surface area contributed by atoms with Gasteiger partial charge in [0, 0.05) is 10.9 Å². The molecule has 2 aromatic heterocycles. The van der Waals surface area contributed by atoms with Gasteiger partial charge in [-0.25, -0.2) is 0 Å². The number of benzene rings is 1. The molecule has 0 atom stereocenters. The molecule has 0 N–H and O–H groups in total. The molecule has 7 heteroatoms. The van der Waals surface area contributed by atoms with Crippen molar-refractivity contribution in [2.75, 3.05) is 0 Å². The van der Waals surface area contributed by atoms with Gasteiger partial charge in [0.05, 0.1) is 5.33 Å². The summed E-state index contributed by atoms with van der Waals surface area (Å²) in [6, 6.07) is 8.23. The number of alkyl halides is 2.